The molecule has 0 N–H and O–H groups in total. The SMILES string of the molecule is Clc1cc(Br)ccc1CN(CCBr)C1CC1. The maximum Gasteiger partial charge on any atom is 0.0462 e. The molecule has 4 heteroatoms. The Balaban J connectivity index is 2.05. The summed E-state index contributed by atoms with van der Waals surface area (Å²) in [4.78, 5) is 2.50. The second-order valence-corrected chi connectivity index (χ2v) is 6.24. The Bertz CT molecular complexity index is 366. The topological polar surface area (TPSA) is 3.24 Å². The molecule has 0 amide bonds. The molecular weight excluding hydrogens is 353 g/mol. The van der Waals surface area contributed by atoms with Crippen LogP contribution in [0.5, 0.6) is 0 Å². The van der Waals surface area contributed by atoms with Crippen LogP contribution in [-0.4, -0.2) is 22.8 Å². The van der Waals surface area contributed by atoms with Gasteiger partial charge in [-0.25, -0.2) is 0 Å². The molecule has 1 saturated carbocycles. The van der Waals surface area contributed by atoms with Gasteiger partial charge in [-0.05, 0) is 30.5 Å². The first-order chi connectivity index (χ1) is 7.70. The lowest BCUT2D eigenvalue weighted by Crippen LogP contribution is -2.27. The average Bonchev–Trinajstić information content (AvgIpc) is 3.04. The Labute approximate surface area is 118 Å². The van der Waals surface area contributed by atoms with Crippen molar-refractivity contribution >= 4 is 43.5 Å². The summed E-state index contributed by atoms with van der Waals surface area (Å²) >= 11 is 13.2. The maximum absolute atomic E-state index is 6.23. The third-order valence-electron chi connectivity index (χ3n) is 2.82. The normalized spacial score (nSPS) is 15.8. The Morgan fingerprint density at radius 2 is 2.12 bits per heavy atom. The lowest BCUT2D eigenvalue weighted by Gasteiger charge is -2.21. The van der Waals surface area contributed by atoms with Crippen LogP contribution < -0.4 is 0 Å². The van der Waals surface area contributed by atoms with Crippen LogP contribution in [0.4, 0.5) is 0 Å². The molecule has 88 valence electrons. The summed E-state index contributed by atoms with van der Waals surface area (Å²) < 4.78 is 1.04. The highest BCUT2D eigenvalue weighted by atomic mass is 79.9. The van der Waals surface area contributed by atoms with Crippen LogP contribution in [0, 0.1) is 0 Å². The minimum absolute atomic E-state index is 0.775. The fourth-order valence-electron chi connectivity index (χ4n) is 1.81. The molecule has 1 aliphatic rings. The number of halogens is 3. The molecule has 1 nitrogen and oxygen atoms in total. The molecule has 0 unspecified atom stereocenters. The quantitative estimate of drug-likeness (QED) is 0.695. The van der Waals surface area contributed by atoms with Gasteiger partial charge in [-0.3, -0.25) is 4.90 Å². The summed E-state index contributed by atoms with van der Waals surface area (Å²) in [6.45, 7) is 2.05. The molecule has 0 spiro atoms. The van der Waals surface area contributed by atoms with Crippen molar-refractivity contribution < 1.29 is 0 Å². The number of hydrogen-bond acceptors (Lipinski definition) is 1. The van der Waals surface area contributed by atoms with Crippen molar-refractivity contribution in [2.75, 3.05) is 11.9 Å². The number of hydrogen-bond donors (Lipinski definition) is 0. The molecule has 0 aliphatic heterocycles. The van der Waals surface area contributed by atoms with Crippen molar-refractivity contribution in [2.45, 2.75) is 25.4 Å². The second kappa shape index (κ2) is 5.85. The van der Waals surface area contributed by atoms with Crippen LogP contribution in [0.2, 0.25) is 5.02 Å². The van der Waals surface area contributed by atoms with E-state index in [1.807, 2.05) is 6.07 Å². The van der Waals surface area contributed by atoms with Crippen molar-refractivity contribution in [3.63, 3.8) is 0 Å². The average molecular weight is 368 g/mol. The highest BCUT2D eigenvalue weighted by Crippen LogP contribution is 2.30. The fraction of sp³-hybridized carbons (Fsp3) is 0.500. The standard InChI is InChI=1S/C12H14Br2ClN/c13-5-6-16(11-3-4-11)8-9-1-2-10(14)7-12(9)15/h1-2,7,11H,3-6,8H2. The Morgan fingerprint density at radius 1 is 1.38 bits per heavy atom. The summed E-state index contributed by atoms with van der Waals surface area (Å²) in [5.41, 5.74) is 1.22. The fourth-order valence-corrected chi connectivity index (χ4v) is 3.00. The molecule has 1 aromatic carbocycles. The van der Waals surface area contributed by atoms with E-state index >= 15 is 0 Å². The van der Waals surface area contributed by atoms with E-state index in [0.29, 0.717) is 0 Å². The molecule has 0 heterocycles. The number of benzene rings is 1. The van der Waals surface area contributed by atoms with Gasteiger partial charge in [0.25, 0.3) is 0 Å². The van der Waals surface area contributed by atoms with E-state index in [-0.39, 0.29) is 0 Å². The van der Waals surface area contributed by atoms with Crippen LogP contribution in [0.3, 0.4) is 0 Å². The molecule has 1 aromatic rings. The van der Waals surface area contributed by atoms with Crippen LogP contribution in [0.1, 0.15) is 18.4 Å². The number of nitrogens with zero attached hydrogens (tertiary/aromatic N) is 1. The van der Waals surface area contributed by atoms with Crippen LogP contribution in [0.15, 0.2) is 22.7 Å². The number of rotatable bonds is 5. The molecule has 0 saturated heterocycles. The van der Waals surface area contributed by atoms with Gasteiger partial charge in [-0.1, -0.05) is 49.5 Å². The predicted molar refractivity (Wildman–Crippen MR) is 76.4 cm³/mol. The van der Waals surface area contributed by atoms with Gasteiger partial charge in [0.15, 0.2) is 0 Å². The molecule has 1 aliphatic carbocycles. The van der Waals surface area contributed by atoms with E-state index in [0.717, 1.165) is 34.0 Å². The smallest absolute Gasteiger partial charge is 0.0462 e. The molecular formula is C12H14Br2ClN. The van der Waals surface area contributed by atoms with Gasteiger partial charge in [-0.2, -0.15) is 0 Å². The predicted octanol–water partition coefficient (Wildman–Crippen LogP) is 4.46. The Morgan fingerprint density at radius 3 is 2.69 bits per heavy atom. The highest BCUT2D eigenvalue weighted by molar-refractivity contribution is 9.10. The van der Waals surface area contributed by atoms with Gasteiger partial charge in [0.05, 0.1) is 0 Å². The molecule has 0 aromatic heterocycles. The third kappa shape index (κ3) is 3.46. The zero-order chi connectivity index (χ0) is 11.5. The van der Waals surface area contributed by atoms with E-state index in [9.17, 15) is 0 Å². The van der Waals surface area contributed by atoms with Crippen molar-refractivity contribution in [1.82, 2.24) is 4.90 Å². The highest BCUT2D eigenvalue weighted by Gasteiger charge is 2.28. The van der Waals surface area contributed by atoms with Crippen LogP contribution in [0.25, 0.3) is 0 Å². The summed E-state index contributed by atoms with van der Waals surface area (Å²) in [7, 11) is 0. The van der Waals surface area contributed by atoms with Gasteiger partial charge in [0.1, 0.15) is 0 Å². The molecule has 0 atom stereocenters. The van der Waals surface area contributed by atoms with E-state index < -0.39 is 0 Å². The minimum atomic E-state index is 0.775. The van der Waals surface area contributed by atoms with Gasteiger partial charge in [0, 0.05) is 34.0 Å². The first kappa shape index (κ1) is 12.9. The van der Waals surface area contributed by atoms with Crippen molar-refractivity contribution in [3.05, 3.63) is 33.3 Å². The van der Waals surface area contributed by atoms with Gasteiger partial charge >= 0.3 is 0 Å². The van der Waals surface area contributed by atoms with Crippen LogP contribution >= 0.6 is 43.5 Å². The first-order valence-electron chi connectivity index (χ1n) is 5.44. The second-order valence-electron chi connectivity index (χ2n) is 4.13. The lowest BCUT2D eigenvalue weighted by atomic mass is 10.2. The molecule has 0 bridgehead atoms. The largest absolute Gasteiger partial charge is 0.295 e. The maximum atomic E-state index is 6.23. The third-order valence-corrected chi connectivity index (χ3v) is 4.02. The monoisotopic (exact) mass is 365 g/mol. The Kier molecular flexibility index (Phi) is 4.71. The summed E-state index contributed by atoms with van der Waals surface area (Å²) in [6.07, 6.45) is 2.67. The number of alkyl halides is 1. The van der Waals surface area contributed by atoms with Gasteiger partial charge in [-0.15, -0.1) is 0 Å². The summed E-state index contributed by atoms with van der Waals surface area (Å²) in [5, 5.41) is 1.88. The lowest BCUT2D eigenvalue weighted by molar-refractivity contribution is 0.272. The van der Waals surface area contributed by atoms with E-state index in [1.54, 1.807) is 0 Å². The van der Waals surface area contributed by atoms with E-state index in [1.165, 1.54) is 18.4 Å². The Hall–Kier alpha value is 0.430. The van der Waals surface area contributed by atoms with Crippen molar-refractivity contribution in [2.24, 2.45) is 0 Å². The minimum Gasteiger partial charge on any atom is -0.295 e. The molecule has 2 rings (SSSR count). The zero-order valence-corrected chi connectivity index (χ0v) is 12.9. The summed E-state index contributed by atoms with van der Waals surface area (Å²) in [6, 6.07) is 6.91. The van der Waals surface area contributed by atoms with Crippen molar-refractivity contribution in [1.29, 1.82) is 0 Å². The van der Waals surface area contributed by atoms with Crippen LogP contribution in [-0.2, 0) is 6.54 Å². The van der Waals surface area contributed by atoms with Gasteiger partial charge < -0.3 is 0 Å². The van der Waals surface area contributed by atoms with Gasteiger partial charge in [0.2, 0.25) is 0 Å². The van der Waals surface area contributed by atoms with Crippen molar-refractivity contribution in [3.8, 4) is 0 Å². The first-order valence-corrected chi connectivity index (χ1v) is 7.74. The molecule has 1 fully saturated rings. The molecule has 16 heavy (non-hydrogen) atoms. The van der Waals surface area contributed by atoms with E-state index in [4.69, 9.17) is 11.6 Å². The molecule has 0 radical (unpaired) electrons. The summed E-state index contributed by atoms with van der Waals surface area (Å²) in [5.74, 6) is 0. The van der Waals surface area contributed by atoms with E-state index in [2.05, 4.69) is 48.9 Å². The zero-order valence-electron chi connectivity index (χ0n) is 8.93.